The minimum Gasteiger partial charge on any atom is -0.465 e. The molecule has 0 aliphatic heterocycles. The number of pyridine rings is 1. The van der Waals surface area contributed by atoms with E-state index in [1.807, 2.05) is 0 Å². The maximum absolute atomic E-state index is 13.8. The van der Waals surface area contributed by atoms with Gasteiger partial charge in [-0.05, 0) is 5.53 Å². The van der Waals surface area contributed by atoms with E-state index in [-0.39, 0.29) is 11.6 Å². The summed E-state index contributed by atoms with van der Waals surface area (Å²) in [5, 5.41) is 2.55. The fourth-order valence-corrected chi connectivity index (χ4v) is 1.66. The monoisotopic (exact) mass is 282 g/mol. The molecule has 1 heterocycles. The Kier molecular flexibility index (Phi) is 3.45. The maximum Gasteiger partial charge on any atom is 0.339 e. The molecule has 0 radical (unpaired) electrons. The highest BCUT2D eigenvalue weighted by Gasteiger charge is 2.21. The summed E-state index contributed by atoms with van der Waals surface area (Å²) in [5.41, 5.74) is 6.91. The van der Waals surface area contributed by atoms with Crippen LogP contribution >= 0.6 is 0 Å². The van der Waals surface area contributed by atoms with Crippen molar-refractivity contribution in [1.82, 2.24) is 4.98 Å². The van der Waals surface area contributed by atoms with Gasteiger partial charge in [0.05, 0.1) is 18.4 Å². The number of benzene rings is 1. The molecule has 1 aromatic carbocycles. The number of methoxy groups -OCH3 is 1. The molecule has 2 aromatic rings. The van der Waals surface area contributed by atoms with Crippen LogP contribution in [-0.4, -0.2) is 18.1 Å². The largest absolute Gasteiger partial charge is 0.465 e. The van der Waals surface area contributed by atoms with Crippen molar-refractivity contribution in [2.24, 2.45) is 5.11 Å². The van der Waals surface area contributed by atoms with Gasteiger partial charge in [-0.2, -0.15) is 0 Å². The standard InChI is InChI=1S/C11H5F3N4O2/c1-20-11(19)4-3-16-10-7(9(4)17-18-15)5(12)2-6(13)8(10)14/h2-3H,1H3. The molecule has 0 aliphatic rings. The number of rotatable bonds is 2. The number of halogens is 3. The van der Waals surface area contributed by atoms with E-state index in [1.54, 1.807) is 0 Å². The number of fused-ring (bicyclic) bond motifs is 1. The zero-order chi connectivity index (χ0) is 14.9. The van der Waals surface area contributed by atoms with Crippen LogP contribution in [0.1, 0.15) is 10.4 Å². The highest BCUT2D eigenvalue weighted by molar-refractivity contribution is 6.03. The Morgan fingerprint density at radius 3 is 2.70 bits per heavy atom. The number of hydrogen-bond acceptors (Lipinski definition) is 4. The number of aromatic nitrogens is 1. The predicted octanol–water partition coefficient (Wildman–Crippen LogP) is 3.38. The molecule has 2 rings (SSSR count). The van der Waals surface area contributed by atoms with E-state index < -0.39 is 40.0 Å². The highest BCUT2D eigenvalue weighted by atomic mass is 19.2. The Morgan fingerprint density at radius 1 is 1.40 bits per heavy atom. The average molecular weight is 282 g/mol. The van der Waals surface area contributed by atoms with Gasteiger partial charge in [-0.15, -0.1) is 0 Å². The fourth-order valence-electron chi connectivity index (χ4n) is 1.66. The fraction of sp³-hybridized carbons (Fsp3) is 0.0909. The van der Waals surface area contributed by atoms with E-state index in [9.17, 15) is 18.0 Å². The van der Waals surface area contributed by atoms with Crippen molar-refractivity contribution in [3.05, 3.63) is 45.7 Å². The SMILES string of the molecule is COC(=O)c1cnc2c(F)c(F)cc(F)c2c1N=[N+]=[N-]. The number of nitrogens with zero attached hydrogens (tertiary/aromatic N) is 4. The Balaban J connectivity index is 2.99. The van der Waals surface area contributed by atoms with Crippen LogP contribution in [-0.2, 0) is 4.74 Å². The van der Waals surface area contributed by atoms with Crippen molar-refractivity contribution >= 4 is 22.6 Å². The Bertz CT molecular complexity index is 772. The third kappa shape index (κ3) is 1.99. The summed E-state index contributed by atoms with van der Waals surface area (Å²) >= 11 is 0. The highest BCUT2D eigenvalue weighted by Crippen LogP contribution is 2.33. The van der Waals surface area contributed by atoms with Crippen molar-refractivity contribution in [2.75, 3.05) is 7.11 Å². The third-order valence-corrected chi connectivity index (χ3v) is 2.51. The van der Waals surface area contributed by atoms with E-state index in [1.165, 1.54) is 0 Å². The molecule has 0 fully saturated rings. The van der Waals surface area contributed by atoms with Gasteiger partial charge in [0.2, 0.25) is 0 Å². The van der Waals surface area contributed by atoms with E-state index >= 15 is 0 Å². The second-order valence-electron chi connectivity index (χ2n) is 3.58. The molecule has 9 heteroatoms. The van der Waals surface area contributed by atoms with Crippen molar-refractivity contribution in [3.63, 3.8) is 0 Å². The van der Waals surface area contributed by atoms with Gasteiger partial charge in [-0.3, -0.25) is 4.98 Å². The minimum absolute atomic E-state index is 0.275. The summed E-state index contributed by atoms with van der Waals surface area (Å²) in [6, 6.07) is 0.275. The first kappa shape index (κ1) is 13.6. The molecule has 0 unspecified atom stereocenters. The van der Waals surface area contributed by atoms with Gasteiger partial charge in [0.15, 0.2) is 11.6 Å². The van der Waals surface area contributed by atoms with Crippen molar-refractivity contribution in [2.45, 2.75) is 0 Å². The molecule has 1 aromatic heterocycles. The summed E-state index contributed by atoms with van der Waals surface area (Å²) in [6.45, 7) is 0. The lowest BCUT2D eigenvalue weighted by Gasteiger charge is -2.08. The first-order valence-electron chi connectivity index (χ1n) is 5.10. The summed E-state index contributed by atoms with van der Waals surface area (Å²) in [7, 11) is 1.05. The number of hydrogen-bond donors (Lipinski definition) is 0. The predicted molar refractivity (Wildman–Crippen MR) is 61.8 cm³/mol. The second-order valence-corrected chi connectivity index (χ2v) is 3.58. The van der Waals surface area contributed by atoms with Gasteiger partial charge in [-0.25, -0.2) is 18.0 Å². The van der Waals surface area contributed by atoms with Crippen molar-refractivity contribution in [1.29, 1.82) is 0 Å². The van der Waals surface area contributed by atoms with Crippen LogP contribution in [0.2, 0.25) is 0 Å². The van der Waals surface area contributed by atoms with Crippen molar-refractivity contribution in [3.8, 4) is 0 Å². The molecule has 6 nitrogen and oxygen atoms in total. The van der Waals surface area contributed by atoms with Crippen LogP contribution in [0.25, 0.3) is 21.3 Å². The van der Waals surface area contributed by atoms with E-state index in [0.717, 1.165) is 13.3 Å². The van der Waals surface area contributed by atoms with E-state index in [0.29, 0.717) is 0 Å². The van der Waals surface area contributed by atoms with Crippen LogP contribution in [0.3, 0.4) is 0 Å². The quantitative estimate of drug-likeness (QED) is 0.278. The van der Waals surface area contributed by atoms with Crippen LogP contribution < -0.4 is 0 Å². The van der Waals surface area contributed by atoms with Gasteiger partial charge in [0.25, 0.3) is 0 Å². The molecule has 0 atom stereocenters. The minimum atomic E-state index is -1.44. The first-order valence-corrected chi connectivity index (χ1v) is 5.10. The molecule has 0 aliphatic carbocycles. The third-order valence-electron chi connectivity index (χ3n) is 2.51. The molecule has 0 saturated heterocycles. The van der Waals surface area contributed by atoms with Gasteiger partial charge < -0.3 is 4.74 Å². The normalized spacial score (nSPS) is 10.2. The number of carbonyl (C=O) groups excluding carboxylic acids is 1. The van der Waals surface area contributed by atoms with Crippen molar-refractivity contribution < 1.29 is 22.7 Å². The molecular formula is C11H5F3N4O2. The van der Waals surface area contributed by atoms with Crippen LogP contribution in [0.4, 0.5) is 18.9 Å². The van der Waals surface area contributed by atoms with Crippen LogP contribution in [0.5, 0.6) is 0 Å². The van der Waals surface area contributed by atoms with E-state index in [4.69, 9.17) is 5.53 Å². The average Bonchev–Trinajstić information content (AvgIpc) is 2.44. The van der Waals surface area contributed by atoms with Gasteiger partial charge in [0.1, 0.15) is 11.3 Å². The maximum atomic E-state index is 13.8. The Morgan fingerprint density at radius 2 is 2.10 bits per heavy atom. The van der Waals surface area contributed by atoms with E-state index in [2.05, 4.69) is 19.7 Å². The molecule has 0 spiro atoms. The molecular weight excluding hydrogens is 277 g/mol. The molecule has 20 heavy (non-hydrogen) atoms. The number of azide groups is 1. The molecule has 0 N–H and O–H groups in total. The second kappa shape index (κ2) is 5.06. The topological polar surface area (TPSA) is 88.0 Å². The summed E-state index contributed by atoms with van der Waals surface area (Å²) in [4.78, 5) is 17.4. The summed E-state index contributed by atoms with van der Waals surface area (Å²) in [6.07, 6.45) is 0.820. The lowest BCUT2D eigenvalue weighted by Crippen LogP contribution is -2.04. The number of ether oxygens (including phenoxy) is 1. The molecule has 0 bridgehead atoms. The van der Waals surface area contributed by atoms with Gasteiger partial charge in [0, 0.05) is 22.6 Å². The zero-order valence-electron chi connectivity index (χ0n) is 9.89. The lowest BCUT2D eigenvalue weighted by molar-refractivity contribution is 0.0601. The number of carbonyl (C=O) groups is 1. The summed E-state index contributed by atoms with van der Waals surface area (Å²) in [5.74, 6) is -5.02. The zero-order valence-corrected chi connectivity index (χ0v) is 9.89. The summed E-state index contributed by atoms with van der Waals surface area (Å²) < 4.78 is 44.9. The Labute approximate surface area is 109 Å². The van der Waals surface area contributed by atoms with Crippen LogP contribution in [0.15, 0.2) is 17.4 Å². The lowest BCUT2D eigenvalue weighted by atomic mass is 10.1. The number of esters is 1. The molecule has 102 valence electrons. The van der Waals surface area contributed by atoms with Gasteiger partial charge >= 0.3 is 5.97 Å². The Hall–Kier alpha value is -2.80. The van der Waals surface area contributed by atoms with Crippen LogP contribution in [0, 0.1) is 17.5 Å². The smallest absolute Gasteiger partial charge is 0.339 e. The molecule has 0 saturated carbocycles. The first-order chi connectivity index (χ1) is 9.51. The van der Waals surface area contributed by atoms with Gasteiger partial charge in [-0.1, -0.05) is 5.11 Å². The molecule has 0 amide bonds.